The van der Waals surface area contributed by atoms with E-state index in [9.17, 15) is 9.59 Å². The minimum Gasteiger partial charge on any atom is -0.450 e. The third-order valence-corrected chi connectivity index (χ3v) is 7.87. The van der Waals surface area contributed by atoms with E-state index in [0.717, 1.165) is 57.1 Å². The van der Waals surface area contributed by atoms with E-state index in [1.807, 2.05) is 0 Å². The van der Waals surface area contributed by atoms with Crippen LogP contribution in [-0.2, 0) is 6.42 Å². The van der Waals surface area contributed by atoms with E-state index in [1.54, 1.807) is 41.5 Å². The minimum atomic E-state index is -0.285. The van der Waals surface area contributed by atoms with E-state index >= 15 is 0 Å². The molecule has 0 unspecified atom stereocenters. The number of imidazole rings is 1. The molecule has 1 fully saturated rings. The van der Waals surface area contributed by atoms with Gasteiger partial charge < -0.3 is 20.8 Å². The summed E-state index contributed by atoms with van der Waals surface area (Å²) in [5.41, 5.74) is 7.40. The van der Waals surface area contributed by atoms with Crippen molar-refractivity contribution in [1.29, 1.82) is 5.41 Å². The van der Waals surface area contributed by atoms with Crippen molar-refractivity contribution in [1.82, 2.24) is 19.5 Å². The summed E-state index contributed by atoms with van der Waals surface area (Å²) in [7, 11) is 0. The number of ether oxygens (including phenoxy) is 1. The van der Waals surface area contributed by atoms with Crippen LogP contribution in [0.25, 0.3) is 0 Å². The first kappa shape index (κ1) is 26.6. The quantitative estimate of drug-likeness (QED) is 0.0799. The molecule has 0 radical (unpaired) electrons. The number of Topliss-reactive ketones (excluding diaryl/α,β-unsaturated/α-hetero) is 1. The predicted molar refractivity (Wildman–Crippen MR) is 150 cm³/mol. The fraction of sp³-hybridized carbons (Fsp3) is 0.483. The lowest BCUT2D eigenvalue weighted by Gasteiger charge is -2.30. The standard InChI is InChI=1S/C29H37N7O3/c30-27(31)8-3-1-2-5-19-9-12-22(13-10-19)36-17-26-28(35-29(36)38)34-23-15-20(11-14-25(23)39-26)24(37)7-4-6-21-16-32-18-33-21/h11,14-19,22H,1-10,12-13H2,(H3,30,31)(H,32,33)(H,34,35,38). The number of nitrogens with two attached hydrogens (primary N) is 1. The maximum atomic E-state index is 12.9. The van der Waals surface area contributed by atoms with Gasteiger partial charge >= 0.3 is 5.69 Å². The Hall–Kier alpha value is -3.95. The normalized spacial score (nSPS) is 17.9. The fourth-order valence-electron chi connectivity index (χ4n) is 5.66. The maximum absolute atomic E-state index is 12.9. The topological polar surface area (TPSA) is 152 Å². The number of benzene rings is 1. The van der Waals surface area contributed by atoms with Gasteiger partial charge in [0.15, 0.2) is 23.1 Å². The molecule has 1 aliphatic carbocycles. The SMILES string of the molecule is N=C(N)CCCCCC1CCC(n2cc3c(nc2=O)Nc2cc(C(=O)CCCc4cnc[nH]4)ccc2O3)CC1. The number of carbonyl (C=O) groups excluding carboxylic acids is 1. The van der Waals surface area contributed by atoms with Crippen molar-refractivity contribution in [2.24, 2.45) is 11.7 Å². The van der Waals surface area contributed by atoms with Crippen LogP contribution in [0.1, 0.15) is 92.7 Å². The molecule has 2 aromatic heterocycles. The number of anilines is 2. The molecule has 10 nitrogen and oxygen atoms in total. The van der Waals surface area contributed by atoms with Gasteiger partial charge in [-0.3, -0.25) is 14.8 Å². The summed E-state index contributed by atoms with van der Waals surface area (Å²) in [5, 5.41) is 10.5. The second-order valence-electron chi connectivity index (χ2n) is 10.7. The van der Waals surface area contributed by atoms with Crippen LogP contribution in [0.2, 0.25) is 0 Å². The van der Waals surface area contributed by atoms with Crippen LogP contribution >= 0.6 is 0 Å². The van der Waals surface area contributed by atoms with E-state index in [2.05, 4.69) is 20.3 Å². The molecule has 3 aromatic rings. The molecule has 1 aromatic carbocycles. The van der Waals surface area contributed by atoms with E-state index in [0.29, 0.717) is 47.3 Å². The number of ketones is 1. The summed E-state index contributed by atoms with van der Waals surface area (Å²) in [6.45, 7) is 0. The molecule has 10 heteroatoms. The van der Waals surface area contributed by atoms with Gasteiger partial charge in [0.05, 0.1) is 24.0 Å². The van der Waals surface area contributed by atoms with Gasteiger partial charge in [0, 0.05) is 36.3 Å². The number of carbonyl (C=O) groups is 1. The van der Waals surface area contributed by atoms with Crippen molar-refractivity contribution in [3.05, 3.63) is 58.7 Å². The summed E-state index contributed by atoms with van der Waals surface area (Å²) in [5.74, 6) is 2.53. The molecule has 0 bridgehead atoms. The molecule has 206 valence electrons. The molecule has 5 rings (SSSR count). The van der Waals surface area contributed by atoms with Crippen LogP contribution in [-0.4, -0.2) is 31.1 Å². The van der Waals surface area contributed by atoms with E-state index in [1.165, 1.54) is 12.8 Å². The Morgan fingerprint density at radius 2 is 1.95 bits per heavy atom. The minimum absolute atomic E-state index is 0.0555. The van der Waals surface area contributed by atoms with Crippen molar-refractivity contribution >= 4 is 23.1 Å². The van der Waals surface area contributed by atoms with Crippen LogP contribution in [0.4, 0.5) is 11.5 Å². The van der Waals surface area contributed by atoms with Gasteiger partial charge in [-0.1, -0.05) is 19.3 Å². The number of hydrogen-bond acceptors (Lipinski definition) is 7. The zero-order chi connectivity index (χ0) is 27.2. The van der Waals surface area contributed by atoms with E-state index in [-0.39, 0.29) is 23.4 Å². The van der Waals surface area contributed by atoms with Gasteiger partial charge in [0.1, 0.15) is 0 Å². The molecule has 0 atom stereocenters. The Morgan fingerprint density at radius 1 is 1.10 bits per heavy atom. The number of aromatic nitrogens is 4. The maximum Gasteiger partial charge on any atom is 0.350 e. The van der Waals surface area contributed by atoms with Crippen molar-refractivity contribution < 1.29 is 9.53 Å². The van der Waals surface area contributed by atoms with Crippen molar-refractivity contribution in [2.75, 3.05) is 5.32 Å². The number of aromatic amines is 1. The number of nitrogens with one attached hydrogen (secondary N) is 3. The number of amidine groups is 1. The van der Waals surface area contributed by atoms with Crippen LogP contribution in [0, 0.1) is 11.3 Å². The first-order valence-electron chi connectivity index (χ1n) is 14.0. The summed E-state index contributed by atoms with van der Waals surface area (Å²) in [6.07, 6.45) is 16.4. The highest BCUT2D eigenvalue weighted by Crippen LogP contribution is 2.42. The van der Waals surface area contributed by atoms with Crippen LogP contribution in [0.15, 0.2) is 41.7 Å². The Labute approximate surface area is 227 Å². The number of H-pyrrole nitrogens is 1. The molecule has 2 aliphatic rings. The molecule has 5 N–H and O–H groups in total. The molecule has 1 aliphatic heterocycles. The molecule has 39 heavy (non-hydrogen) atoms. The molecule has 0 saturated heterocycles. The molecule has 0 amide bonds. The van der Waals surface area contributed by atoms with Gasteiger partial charge in [0.2, 0.25) is 0 Å². The first-order chi connectivity index (χ1) is 19.0. The second kappa shape index (κ2) is 12.3. The fourth-order valence-corrected chi connectivity index (χ4v) is 5.66. The van der Waals surface area contributed by atoms with Crippen LogP contribution in [0.5, 0.6) is 11.5 Å². The third-order valence-electron chi connectivity index (χ3n) is 7.87. The highest BCUT2D eigenvalue weighted by Gasteiger charge is 2.26. The highest BCUT2D eigenvalue weighted by molar-refractivity contribution is 5.97. The number of aryl methyl sites for hydroxylation is 1. The number of hydrogen-bond donors (Lipinski definition) is 4. The van der Waals surface area contributed by atoms with Gasteiger partial charge in [-0.2, -0.15) is 4.98 Å². The van der Waals surface area contributed by atoms with Crippen LogP contribution < -0.4 is 21.5 Å². The molecular weight excluding hydrogens is 494 g/mol. The predicted octanol–water partition coefficient (Wildman–Crippen LogP) is 5.64. The number of unbranched alkanes of at least 4 members (excludes halogenated alkanes) is 2. The third kappa shape index (κ3) is 6.74. The monoisotopic (exact) mass is 531 g/mol. The summed E-state index contributed by atoms with van der Waals surface area (Å²) in [4.78, 5) is 37.0. The van der Waals surface area contributed by atoms with Crippen molar-refractivity contribution in [2.45, 2.75) is 83.1 Å². The lowest BCUT2D eigenvalue weighted by Crippen LogP contribution is -2.30. The highest BCUT2D eigenvalue weighted by atomic mass is 16.5. The Kier molecular flexibility index (Phi) is 8.39. The van der Waals surface area contributed by atoms with Gasteiger partial charge in [-0.15, -0.1) is 0 Å². The average molecular weight is 532 g/mol. The van der Waals surface area contributed by atoms with Gasteiger partial charge in [0.25, 0.3) is 0 Å². The Morgan fingerprint density at radius 3 is 2.72 bits per heavy atom. The Bertz CT molecular complexity index is 1360. The second-order valence-corrected chi connectivity index (χ2v) is 10.7. The summed E-state index contributed by atoms with van der Waals surface area (Å²) in [6, 6.07) is 5.47. The van der Waals surface area contributed by atoms with E-state index < -0.39 is 0 Å². The molecular formula is C29H37N7O3. The van der Waals surface area contributed by atoms with Crippen LogP contribution in [0.3, 0.4) is 0 Å². The Balaban J connectivity index is 1.16. The number of nitrogens with zero attached hydrogens (tertiary/aromatic N) is 3. The molecule has 3 heterocycles. The number of rotatable bonds is 12. The largest absolute Gasteiger partial charge is 0.450 e. The number of fused-ring (bicyclic) bond motifs is 2. The summed E-state index contributed by atoms with van der Waals surface area (Å²) >= 11 is 0. The lowest BCUT2D eigenvalue weighted by atomic mass is 9.83. The van der Waals surface area contributed by atoms with Gasteiger partial charge in [-0.25, -0.2) is 9.78 Å². The van der Waals surface area contributed by atoms with Crippen molar-refractivity contribution in [3.8, 4) is 11.5 Å². The zero-order valence-electron chi connectivity index (χ0n) is 22.2. The first-order valence-corrected chi connectivity index (χ1v) is 14.0. The lowest BCUT2D eigenvalue weighted by molar-refractivity contribution is 0.0980. The smallest absolute Gasteiger partial charge is 0.350 e. The average Bonchev–Trinajstić information content (AvgIpc) is 3.45. The van der Waals surface area contributed by atoms with E-state index in [4.69, 9.17) is 15.9 Å². The zero-order valence-corrected chi connectivity index (χ0v) is 22.2. The molecule has 0 spiro atoms. The molecule has 1 saturated carbocycles. The van der Waals surface area contributed by atoms with Crippen molar-refractivity contribution in [3.63, 3.8) is 0 Å². The summed E-state index contributed by atoms with van der Waals surface area (Å²) < 4.78 is 7.84. The van der Waals surface area contributed by atoms with Gasteiger partial charge in [-0.05, 0) is 69.1 Å².